The Morgan fingerprint density at radius 2 is 1.62 bits per heavy atom. The minimum absolute atomic E-state index is 0.292. The van der Waals surface area contributed by atoms with Crippen LogP contribution in [0.2, 0.25) is 5.94 Å². The summed E-state index contributed by atoms with van der Waals surface area (Å²) in [7, 11) is 0. The quantitative estimate of drug-likeness (QED) is 0.519. The van der Waals surface area contributed by atoms with Crippen molar-refractivity contribution in [3.05, 3.63) is 0 Å². The van der Waals surface area contributed by atoms with Crippen molar-refractivity contribution in [3.63, 3.8) is 0 Å². The summed E-state index contributed by atoms with van der Waals surface area (Å²) in [6.07, 6.45) is 0. The molecule has 0 aliphatic carbocycles. The largest absolute Gasteiger partial charge is 0.351 e. The lowest BCUT2D eigenvalue weighted by Gasteiger charge is -2.05. The Morgan fingerprint density at radius 1 is 1.25 bits per heavy atom. The Labute approximate surface area is 83.3 Å². The smallest absolute Gasteiger partial charge is 0.172 e. The van der Waals surface area contributed by atoms with Crippen LogP contribution < -0.4 is 0 Å². The van der Waals surface area contributed by atoms with Crippen LogP contribution in [0, 0.1) is 0 Å². The van der Waals surface area contributed by atoms with Gasteiger partial charge in [0.1, 0.15) is 0 Å². The van der Waals surface area contributed by atoms with Gasteiger partial charge in [0.25, 0.3) is 3.93 Å². The lowest BCUT2D eigenvalue weighted by Crippen LogP contribution is -2.12. The van der Waals surface area contributed by atoms with E-state index in [-0.39, 0.29) is 5.54 Å². The van der Waals surface area contributed by atoms with E-state index >= 15 is 0 Å². The van der Waals surface area contributed by atoms with Crippen LogP contribution >= 0.6 is 68.8 Å². The third-order valence-corrected chi connectivity index (χ3v) is 5.00. The zero-order chi connectivity index (χ0) is 6.78. The molecular weight excluding hydrogens is 362 g/mol. The van der Waals surface area contributed by atoms with Crippen molar-refractivity contribution < 1.29 is 0 Å². The summed E-state index contributed by atoms with van der Waals surface area (Å²) in [4.78, 5) is 0. The second kappa shape index (κ2) is 4.24. The van der Waals surface area contributed by atoms with Gasteiger partial charge in [-0.1, -0.05) is 45.9 Å². The van der Waals surface area contributed by atoms with Gasteiger partial charge in [-0.05, 0) is 5.94 Å². The number of hydrogen-bond donors (Lipinski definition) is 0. The third kappa shape index (κ3) is 8.30. The summed E-state index contributed by atoms with van der Waals surface area (Å²) < 4.78 is -1.55. The van der Waals surface area contributed by atoms with Gasteiger partial charge in [0.15, 0.2) is 0 Å². The van der Waals surface area contributed by atoms with Crippen molar-refractivity contribution in [2.24, 2.45) is 0 Å². The van der Waals surface area contributed by atoms with Gasteiger partial charge in [-0.2, -0.15) is 22.9 Å². The first-order valence-electron chi connectivity index (χ1n) is 1.77. The van der Waals surface area contributed by atoms with Crippen LogP contribution in [0.1, 0.15) is 0 Å². The molecule has 0 radical (unpaired) electrons. The van der Waals surface area contributed by atoms with Gasteiger partial charge in [0, 0.05) is 0 Å². The molecule has 0 spiro atoms. The molecule has 0 saturated carbocycles. The Bertz CT molecular complexity index is 72.2. The van der Waals surface area contributed by atoms with Crippen LogP contribution in [0.5, 0.6) is 0 Å². The normalized spacial score (nSPS) is 11.6. The fraction of sp³-hybridized carbons (Fsp3) is 1.00. The molecule has 0 aromatic rings. The van der Waals surface area contributed by atoms with Crippen LogP contribution in [0.3, 0.4) is 0 Å². The van der Waals surface area contributed by atoms with Crippen LogP contribution in [-0.2, 0) is 0 Å². The lowest BCUT2D eigenvalue weighted by molar-refractivity contribution is 2.07. The van der Waals surface area contributed by atoms with E-state index in [0.717, 1.165) is 5.94 Å². The van der Waals surface area contributed by atoms with Crippen LogP contribution in [-0.4, -0.2) is 9.48 Å². The van der Waals surface area contributed by atoms with E-state index < -0.39 is 3.93 Å². The molecule has 0 aromatic carbocycles. The molecule has 0 aliphatic rings. The van der Waals surface area contributed by atoms with Crippen LogP contribution in [0.4, 0.5) is 0 Å². The maximum absolute atomic E-state index is 5.47. The van der Waals surface area contributed by atoms with E-state index in [1.54, 1.807) is 0 Å². The summed E-state index contributed by atoms with van der Waals surface area (Å²) in [6.45, 7) is 0. The molecule has 0 N–H and O–H groups in total. The molecule has 0 fully saturated rings. The van der Waals surface area contributed by atoms with E-state index in [1.807, 2.05) is 0 Å². The van der Waals surface area contributed by atoms with Crippen molar-refractivity contribution >= 4 is 78.3 Å². The SMILES string of the molecule is ClB(Cl)C[Si](Br)(Br)Br. The molecule has 48 valence electrons. The van der Waals surface area contributed by atoms with Crippen molar-refractivity contribution in [2.75, 3.05) is 0 Å². The van der Waals surface area contributed by atoms with Crippen molar-refractivity contribution in [1.29, 1.82) is 0 Å². The molecule has 0 aliphatic heterocycles. The number of hydrogen-bond acceptors (Lipinski definition) is 0. The average molecular weight is 364 g/mol. The Balaban J connectivity index is 3.39. The van der Waals surface area contributed by atoms with Crippen LogP contribution in [0.15, 0.2) is 0 Å². The van der Waals surface area contributed by atoms with Crippen molar-refractivity contribution in [1.82, 2.24) is 0 Å². The summed E-state index contributed by atoms with van der Waals surface area (Å²) in [5, 5.41) is 0. The highest BCUT2D eigenvalue weighted by Crippen LogP contribution is 2.33. The summed E-state index contributed by atoms with van der Waals surface area (Å²) in [5.41, 5.74) is -0.292. The molecular formula is CH2BBr3Cl2Si. The fourth-order valence-electron chi connectivity index (χ4n) is 0.175. The minimum atomic E-state index is -1.55. The second-order valence-corrected chi connectivity index (χ2v) is 25.9. The predicted octanol–water partition coefficient (Wildman–Crippen LogP) is 3.62. The molecule has 7 heteroatoms. The maximum Gasteiger partial charge on any atom is 0.351 e. The molecule has 0 amide bonds. The van der Waals surface area contributed by atoms with E-state index in [0.29, 0.717) is 0 Å². The zero-order valence-corrected chi connectivity index (χ0v) is 10.9. The molecule has 0 rings (SSSR count). The molecule has 0 atom stereocenters. The first-order valence-corrected chi connectivity index (χ1v) is 11.6. The summed E-state index contributed by atoms with van der Waals surface area (Å²) in [5.74, 6) is 0.746. The third-order valence-electron chi connectivity index (χ3n) is 0.386. The van der Waals surface area contributed by atoms with Crippen LogP contribution in [0.25, 0.3) is 0 Å². The molecule has 0 saturated heterocycles. The van der Waals surface area contributed by atoms with E-state index in [4.69, 9.17) is 22.9 Å². The first-order chi connectivity index (χ1) is 3.42. The first kappa shape index (κ1) is 10.3. The van der Waals surface area contributed by atoms with E-state index in [9.17, 15) is 0 Å². The molecule has 0 nitrogen and oxygen atoms in total. The average Bonchev–Trinajstić information content (AvgIpc) is 1.21. The molecule has 8 heavy (non-hydrogen) atoms. The van der Waals surface area contributed by atoms with Gasteiger partial charge in [0.05, 0.1) is 0 Å². The summed E-state index contributed by atoms with van der Waals surface area (Å²) >= 11 is 21.1. The van der Waals surface area contributed by atoms with Gasteiger partial charge < -0.3 is 0 Å². The van der Waals surface area contributed by atoms with Crippen molar-refractivity contribution in [2.45, 2.75) is 5.94 Å². The van der Waals surface area contributed by atoms with Gasteiger partial charge in [-0.3, -0.25) is 0 Å². The van der Waals surface area contributed by atoms with E-state index in [2.05, 4.69) is 45.9 Å². The molecule has 0 aromatic heterocycles. The van der Waals surface area contributed by atoms with Gasteiger partial charge >= 0.3 is 5.54 Å². The number of rotatable bonds is 2. The predicted molar refractivity (Wildman–Crippen MR) is 54.8 cm³/mol. The minimum Gasteiger partial charge on any atom is -0.172 e. The standard InChI is InChI=1S/CH2BBr3Cl2Si/c3-8(4,5)1-2(6)7/h1H2. The van der Waals surface area contributed by atoms with Gasteiger partial charge in [0.2, 0.25) is 0 Å². The molecule has 0 heterocycles. The second-order valence-electron chi connectivity index (χ2n) is 1.21. The molecule has 0 unspecified atom stereocenters. The summed E-state index contributed by atoms with van der Waals surface area (Å²) in [6, 6.07) is 0. The fourth-order valence-corrected chi connectivity index (χ4v) is 8.18. The highest BCUT2D eigenvalue weighted by molar-refractivity contribution is 9.72. The van der Waals surface area contributed by atoms with Gasteiger partial charge in [-0.25, -0.2) is 0 Å². The number of halogens is 5. The Hall–Kier alpha value is 2.30. The van der Waals surface area contributed by atoms with E-state index in [1.165, 1.54) is 0 Å². The lowest BCUT2D eigenvalue weighted by atomic mass is 10.2. The zero-order valence-electron chi connectivity index (χ0n) is 3.67. The molecule has 0 bridgehead atoms. The maximum atomic E-state index is 5.47. The topological polar surface area (TPSA) is 0 Å². The monoisotopic (exact) mass is 360 g/mol. The van der Waals surface area contributed by atoms with Gasteiger partial charge in [-0.15, -0.1) is 0 Å². The highest BCUT2D eigenvalue weighted by Gasteiger charge is 2.27. The Morgan fingerprint density at radius 3 is 1.62 bits per heavy atom. The highest BCUT2D eigenvalue weighted by atomic mass is 80.0. The van der Waals surface area contributed by atoms with Crippen molar-refractivity contribution in [3.8, 4) is 0 Å². The Kier molecular flexibility index (Phi) is 5.46.